The average Bonchev–Trinajstić information content (AvgIpc) is 2.69. The summed E-state index contributed by atoms with van der Waals surface area (Å²) in [5.41, 5.74) is 3.70. The lowest BCUT2D eigenvalue weighted by Crippen LogP contribution is -2.20. The number of phenolic OH excluding ortho intramolecular Hbond substituents is 1. The van der Waals surface area contributed by atoms with Crippen molar-refractivity contribution >= 4 is 11.8 Å². The van der Waals surface area contributed by atoms with Gasteiger partial charge in [-0.2, -0.15) is 0 Å². The summed E-state index contributed by atoms with van der Waals surface area (Å²) in [5, 5.41) is 10.2. The average molecular weight is 374 g/mol. The molecule has 0 aliphatic carbocycles. The first-order valence-corrected chi connectivity index (χ1v) is 9.04. The lowest BCUT2D eigenvalue weighted by atomic mass is 9.98. The van der Waals surface area contributed by atoms with E-state index in [0.29, 0.717) is 16.7 Å². The lowest BCUT2D eigenvalue weighted by Gasteiger charge is -2.18. The Morgan fingerprint density at radius 3 is 2.00 bits per heavy atom. The Bertz CT molecular complexity index is 1000. The number of esters is 1. The molecule has 3 aromatic carbocycles. The zero-order chi connectivity index (χ0) is 20.3. The second kappa shape index (κ2) is 8.09. The first-order chi connectivity index (χ1) is 13.4. The van der Waals surface area contributed by atoms with Gasteiger partial charge < -0.3 is 9.84 Å². The van der Waals surface area contributed by atoms with Crippen LogP contribution in [0.15, 0.2) is 66.7 Å². The number of carbonyl (C=O) groups is 2. The highest BCUT2D eigenvalue weighted by Gasteiger charge is 2.28. The Kier molecular flexibility index (Phi) is 5.59. The summed E-state index contributed by atoms with van der Waals surface area (Å²) in [6.45, 7) is 5.57. The van der Waals surface area contributed by atoms with Crippen LogP contribution in [0.4, 0.5) is 0 Å². The Labute approximate surface area is 164 Å². The number of ether oxygens (including phenoxy) is 1. The number of rotatable bonds is 5. The van der Waals surface area contributed by atoms with E-state index in [2.05, 4.69) is 0 Å². The van der Waals surface area contributed by atoms with Crippen molar-refractivity contribution in [2.24, 2.45) is 0 Å². The van der Waals surface area contributed by atoms with Crippen molar-refractivity contribution in [1.82, 2.24) is 0 Å². The Hall–Kier alpha value is -3.40. The highest BCUT2D eigenvalue weighted by atomic mass is 16.5. The van der Waals surface area contributed by atoms with Gasteiger partial charge in [-0.05, 0) is 32.4 Å². The number of hydrogen-bond donors (Lipinski definition) is 1. The van der Waals surface area contributed by atoms with Gasteiger partial charge in [0.05, 0.1) is 0 Å². The number of hydrogen-bond acceptors (Lipinski definition) is 4. The number of aromatic hydroxyl groups is 1. The second-order valence-electron chi connectivity index (χ2n) is 6.90. The van der Waals surface area contributed by atoms with Gasteiger partial charge in [0, 0.05) is 11.1 Å². The number of Topliss-reactive ketones (excluding diaryl/α,β-unsaturated/α-hetero) is 1. The van der Waals surface area contributed by atoms with Gasteiger partial charge in [0.15, 0.2) is 6.10 Å². The fourth-order valence-corrected chi connectivity index (χ4v) is 2.88. The van der Waals surface area contributed by atoms with Crippen molar-refractivity contribution in [1.29, 1.82) is 0 Å². The number of benzene rings is 3. The van der Waals surface area contributed by atoms with E-state index in [1.807, 2.05) is 38.1 Å². The van der Waals surface area contributed by atoms with E-state index in [9.17, 15) is 14.7 Å². The minimum absolute atomic E-state index is 0.0359. The van der Waals surface area contributed by atoms with Crippen LogP contribution in [0.5, 0.6) is 5.75 Å². The molecule has 28 heavy (non-hydrogen) atoms. The Balaban J connectivity index is 1.97. The fraction of sp³-hybridized carbons (Fsp3) is 0.167. The lowest BCUT2D eigenvalue weighted by molar-refractivity contribution is 0.0277. The van der Waals surface area contributed by atoms with Crippen LogP contribution in [0.25, 0.3) is 0 Å². The van der Waals surface area contributed by atoms with Crippen LogP contribution in [0.3, 0.4) is 0 Å². The molecule has 0 fully saturated rings. The molecule has 1 atom stereocenters. The molecule has 0 saturated carbocycles. The fourth-order valence-electron chi connectivity index (χ4n) is 2.88. The normalized spacial score (nSPS) is 11.7. The Morgan fingerprint density at radius 1 is 0.821 bits per heavy atom. The monoisotopic (exact) mass is 374 g/mol. The molecule has 0 aliphatic rings. The van der Waals surface area contributed by atoms with Gasteiger partial charge in [0.1, 0.15) is 11.3 Å². The van der Waals surface area contributed by atoms with Crippen LogP contribution in [0.1, 0.15) is 49.1 Å². The maximum atomic E-state index is 13.1. The topological polar surface area (TPSA) is 63.6 Å². The number of ketones is 1. The smallest absolute Gasteiger partial charge is 0.342 e. The van der Waals surface area contributed by atoms with E-state index >= 15 is 0 Å². The third-order valence-electron chi connectivity index (χ3n) is 4.64. The van der Waals surface area contributed by atoms with Crippen molar-refractivity contribution in [2.45, 2.75) is 26.9 Å². The molecule has 0 heterocycles. The van der Waals surface area contributed by atoms with Crippen LogP contribution < -0.4 is 0 Å². The molecule has 0 unspecified atom stereocenters. The molecule has 0 aromatic heterocycles. The molecular weight excluding hydrogens is 352 g/mol. The van der Waals surface area contributed by atoms with E-state index in [0.717, 1.165) is 11.1 Å². The molecule has 1 N–H and O–H groups in total. The molecule has 0 bridgehead atoms. The molecule has 3 aromatic rings. The zero-order valence-corrected chi connectivity index (χ0v) is 16.1. The third kappa shape index (κ3) is 4.12. The van der Waals surface area contributed by atoms with Crippen LogP contribution in [-0.4, -0.2) is 16.9 Å². The summed E-state index contributed by atoms with van der Waals surface area (Å²) in [4.78, 5) is 25.8. The van der Waals surface area contributed by atoms with Crippen molar-refractivity contribution in [3.63, 3.8) is 0 Å². The van der Waals surface area contributed by atoms with Gasteiger partial charge in [0.2, 0.25) is 5.78 Å². The van der Waals surface area contributed by atoms with Crippen molar-refractivity contribution < 1.29 is 19.4 Å². The largest absolute Gasteiger partial charge is 0.507 e. The number of para-hydroxylation sites is 1. The molecule has 142 valence electrons. The summed E-state index contributed by atoms with van der Waals surface area (Å²) in [6, 6.07) is 19.2. The van der Waals surface area contributed by atoms with Crippen molar-refractivity contribution in [3.8, 4) is 5.75 Å². The summed E-state index contributed by atoms with van der Waals surface area (Å²) < 4.78 is 5.60. The quantitative estimate of drug-likeness (QED) is 0.499. The van der Waals surface area contributed by atoms with E-state index in [4.69, 9.17) is 4.74 Å². The van der Waals surface area contributed by atoms with Gasteiger partial charge in [0.25, 0.3) is 0 Å². The van der Waals surface area contributed by atoms with Gasteiger partial charge in [-0.25, -0.2) is 4.79 Å². The maximum Gasteiger partial charge on any atom is 0.342 e. The molecule has 3 rings (SSSR count). The first-order valence-electron chi connectivity index (χ1n) is 9.04. The van der Waals surface area contributed by atoms with E-state index in [1.54, 1.807) is 43.3 Å². The predicted molar refractivity (Wildman–Crippen MR) is 108 cm³/mol. The van der Waals surface area contributed by atoms with E-state index < -0.39 is 12.1 Å². The van der Waals surface area contributed by atoms with Crippen molar-refractivity contribution in [3.05, 3.63) is 100 Å². The SMILES string of the molecule is Cc1ccc(C(=O)[C@@H](OC(=O)c2cccc(C)c2O)c2ccc(C)cc2)cc1. The van der Waals surface area contributed by atoms with Crippen LogP contribution in [-0.2, 0) is 4.74 Å². The van der Waals surface area contributed by atoms with Crippen LogP contribution >= 0.6 is 0 Å². The van der Waals surface area contributed by atoms with E-state index in [-0.39, 0.29) is 17.1 Å². The number of phenols is 1. The molecule has 0 aliphatic heterocycles. The third-order valence-corrected chi connectivity index (χ3v) is 4.64. The summed E-state index contributed by atoms with van der Waals surface area (Å²) >= 11 is 0. The summed E-state index contributed by atoms with van der Waals surface area (Å²) in [5.74, 6) is -1.20. The summed E-state index contributed by atoms with van der Waals surface area (Å²) in [6.07, 6.45) is -1.10. The van der Waals surface area contributed by atoms with Gasteiger partial charge in [-0.3, -0.25) is 4.79 Å². The number of aryl methyl sites for hydroxylation is 3. The standard InChI is InChI=1S/C24H22O4/c1-15-7-11-18(12-8-15)22(26)23(19-13-9-16(2)10-14-19)28-24(27)20-6-4-5-17(3)21(20)25/h4-14,23,25H,1-3H3/t23-/m0/s1. The van der Waals surface area contributed by atoms with Gasteiger partial charge in [-0.15, -0.1) is 0 Å². The molecule has 0 radical (unpaired) electrons. The molecule has 0 saturated heterocycles. The van der Waals surface area contributed by atoms with E-state index in [1.165, 1.54) is 6.07 Å². The highest BCUT2D eigenvalue weighted by molar-refractivity contribution is 6.02. The molecule has 0 spiro atoms. The predicted octanol–water partition coefficient (Wildman–Crippen LogP) is 5.10. The minimum atomic E-state index is -1.10. The molecule has 0 amide bonds. The summed E-state index contributed by atoms with van der Waals surface area (Å²) in [7, 11) is 0. The zero-order valence-electron chi connectivity index (χ0n) is 16.1. The first kappa shape index (κ1) is 19.4. The molecule has 4 nitrogen and oxygen atoms in total. The van der Waals surface area contributed by atoms with Crippen LogP contribution in [0, 0.1) is 20.8 Å². The second-order valence-corrected chi connectivity index (χ2v) is 6.90. The molecular formula is C24H22O4. The maximum absolute atomic E-state index is 13.1. The highest BCUT2D eigenvalue weighted by Crippen LogP contribution is 2.28. The number of carbonyl (C=O) groups excluding carboxylic acids is 2. The van der Waals surface area contributed by atoms with Crippen LogP contribution in [0.2, 0.25) is 0 Å². The minimum Gasteiger partial charge on any atom is -0.507 e. The Morgan fingerprint density at radius 2 is 1.39 bits per heavy atom. The molecule has 4 heteroatoms. The van der Waals surface area contributed by atoms with Gasteiger partial charge >= 0.3 is 5.97 Å². The van der Waals surface area contributed by atoms with Gasteiger partial charge in [-0.1, -0.05) is 71.8 Å². The van der Waals surface area contributed by atoms with Crippen molar-refractivity contribution in [2.75, 3.05) is 0 Å².